The van der Waals surface area contributed by atoms with Crippen molar-refractivity contribution in [2.75, 3.05) is 5.73 Å². The van der Waals surface area contributed by atoms with Crippen LogP contribution in [0.2, 0.25) is 0 Å². The molecule has 2 heterocycles. The van der Waals surface area contributed by atoms with Crippen LogP contribution in [0.5, 0.6) is 0 Å². The predicted octanol–water partition coefficient (Wildman–Crippen LogP) is 1.26. The monoisotopic (exact) mass is 165 g/mol. The molecule has 0 aromatic carbocycles. The fourth-order valence-corrected chi connectivity index (χ4v) is 1.47. The zero-order valence-electron chi connectivity index (χ0n) is 5.86. The van der Waals surface area contributed by atoms with E-state index in [2.05, 4.69) is 14.4 Å². The van der Waals surface area contributed by atoms with Crippen molar-refractivity contribution >= 4 is 26.1 Å². The second kappa shape index (κ2) is 2.21. The molecule has 0 radical (unpaired) electrons. The summed E-state index contributed by atoms with van der Waals surface area (Å²) in [5.74, 6) is 0. The summed E-state index contributed by atoms with van der Waals surface area (Å²) in [5.41, 5.74) is 7.37. The van der Waals surface area contributed by atoms with Gasteiger partial charge in [0.05, 0.1) is 5.69 Å². The molecule has 1 unspecified atom stereocenters. The summed E-state index contributed by atoms with van der Waals surface area (Å²) in [6.45, 7) is 0. The van der Waals surface area contributed by atoms with E-state index in [0.29, 0.717) is 0 Å². The van der Waals surface area contributed by atoms with Crippen molar-refractivity contribution in [1.29, 1.82) is 0 Å². The lowest BCUT2D eigenvalue weighted by atomic mass is 10.3. The maximum atomic E-state index is 5.70. The van der Waals surface area contributed by atoms with Gasteiger partial charge >= 0.3 is 0 Å². The third-order valence-electron chi connectivity index (χ3n) is 1.62. The number of nitrogens with two attached hydrogens (primary N) is 1. The van der Waals surface area contributed by atoms with Crippen molar-refractivity contribution in [3.05, 3.63) is 24.5 Å². The SMILES string of the molecule is Nc1cn(P)c2ncccc12. The van der Waals surface area contributed by atoms with Crippen molar-refractivity contribution < 1.29 is 0 Å². The molecule has 4 heteroatoms. The van der Waals surface area contributed by atoms with Gasteiger partial charge in [-0.1, -0.05) is 0 Å². The molecule has 0 amide bonds. The summed E-state index contributed by atoms with van der Waals surface area (Å²) in [7, 11) is 2.54. The van der Waals surface area contributed by atoms with Gasteiger partial charge < -0.3 is 10.1 Å². The second-order valence-corrected chi connectivity index (χ2v) is 2.92. The smallest absolute Gasteiger partial charge is 0.144 e. The molecule has 0 bridgehead atoms. The molecule has 2 N–H and O–H groups in total. The minimum absolute atomic E-state index is 0.767. The summed E-state index contributed by atoms with van der Waals surface area (Å²) >= 11 is 0. The molecule has 2 aromatic rings. The minimum atomic E-state index is 0.767. The van der Waals surface area contributed by atoms with Crippen molar-refractivity contribution in [2.24, 2.45) is 0 Å². The highest BCUT2D eigenvalue weighted by molar-refractivity contribution is 7.14. The van der Waals surface area contributed by atoms with Gasteiger partial charge in [0.1, 0.15) is 5.65 Å². The van der Waals surface area contributed by atoms with Crippen LogP contribution in [0.15, 0.2) is 24.5 Å². The van der Waals surface area contributed by atoms with Gasteiger partial charge in [-0.15, -0.1) is 0 Å². The number of aromatic nitrogens is 2. The first-order chi connectivity index (χ1) is 5.29. The Labute approximate surface area is 66.5 Å². The number of rotatable bonds is 0. The quantitative estimate of drug-likeness (QED) is 0.597. The van der Waals surface area contributed by atoms with Crippen molar-refractivity contribution in [3.63, 3.8) is 0 Å². The highest BCUT2D eigenvalue weighted by Crippen LogP contribution is 2.22. The molecule has 0 aliphatic rings. The van der Waals surface area contributed by atoms with Gasteiger partial charge in [-0.2, -0.15) is 0 Å². The van der Waals surface area contributed by atoms with Gasteiger partial charge in [-0.3, -0.25) is 0 Å². The molecule has 11 heavy (non-hydrogen) atoms. The van der Waals surface area contributed by atoms with Gasteiger partial charge in [0.25, 0.3) is 0 Å². The zero-order chi connectivity index (χ0) is 7.84. The zero-order valence-corrected chi connectivity index (χ0v) is 7.01. The molecule has 0 fully saturated rings. The van der Waals surface area contributed by atoms with Crippen LogP contribution in [0.4, 0.5) is 5.69 Å². The lowest BCUT2D eigenvalue weighted by molar-refractivity contribution is 1.26. The van der Waals surface area contributed by atoms with Gasteiger partial charge in [0.15, 0.2) is 0 Å². The van der Waals surface area contributed by atoms with Gasteiger partial charge in [0, 0.05) is 17.8 Å². The van der Waals surface area contributed by atoms with E-state index in [0.717, 1.165) is 16.7 Å². The Morgan fingerprint density at radius 3 is 3.09 bits per heavy atom. The molecule has 0 aliphatic heterocycles. The Morgan fingerprint density at radius 1 is 1.55 bits per heavy atom. The third kappa shape index (κ3) is 0.889. The Bertz CT molecular complexity index is 357. The summed E-state index contributed by atoms with van der Waals surface area (Å²) < 4.78 is 1.84. The predicted molar refractivity (Wildman–Crippen MR) is 49.3 cm³/mol. The number of nitrogens with zero attached hydrogens (tertiary/aromatic N) is 2. The van der Waals surface area contributed by atoms with E-state index in [1.165, 1.54) is 0 Å². The average molecular weight is 165 g/mol. The highest BCUT2D eigenvalue weighted by Gasteiger charge is 2.01. The Hall–Kier alpha value is -1.08. The molecule has 3 nitrogen and oxygen atoms in total. The summed E-state index contributed by atoms with van der Waals surface area (Å²) in [6.07, 6.45) is 3.59. The number of fused-ring (bicyclic) bond motifs is 1. The topological polar surface area (TPSA) is 43.8 Å². The minimum Gasteiger partial charge on any atom is -0.397 e. The fourth-order valence-electron chi connectivity index (χ4n) is 1.11. The molecule has 0 spiro atoms. The number of pyridine rings is 1. The van der Waals surface area contributed by atoms with Crippen LogP contribution in [0.25, 0.3) is 11.0 Å². The van der Waals surface area contributed by atoms with Crippen LogP contribution in [0.1, 0.15) is 0 Å². The number of hydrogen-bond acceptors (Lipinski definition) is 2. The van der Waals surface area contributed by atoms with Crippen LogP contribution in [0, 0.1) is 0 Å². The molecular weight excluding hydrogens is 157 g/mol. The molecule has 0 saturated heterocycles. The van der Waals surface area contributed by atoms with E-state index in [4.69, 9.17) is 5.73 Å². The number of hydrogen-bond donors (Lipinski definition) is 1. The first-order valence-corrected chi connectivity index (χ1v) is 3.77. The lowest BCUT2D eigenvalue weighted by Gasteiger charge is -1.90. The maximum Gasteiger partial charge on any atom is 0.144 e. The van der Waals surface area contributed by atoms with Crippen LogP contribution < -0.4 is 5.73 Å². The van der Waals surface area contributed by atoms with Crippen LogP contribution in [-0.4, -0.2) is 9.32 Å². The molecule has 1 atom stereocenters. The maximum absolute atomic E-state index is 5.70. The third-order valence-corrected chi connectivity index (χ3v) is 2.01. The molecule has 2 rings (SSSR count). The summed E-state index contributed by atoms with van der Waals surface area (Å²) in [4.78, 5) is 4.16. The normalized spacial score (nSPS) is 10.6. The standard InChI is InChI=1S/C7H8N3P/c8-6-4-10(11)7-5(6)2-1-3-9-7/h1-4H,8,11H2. The summed E-state index contributed by atoms with van der Waals surface area (Å²) in [6, 6.07) is 3.83. The van der Waals surface area contributed by atoms with E-state index in [1.807, 2.05) is 22.7 Å². The van der Waals surface area contributed by atoms with Crippen molar-refractivity contribution in [3.8, 4) is 0 Å². The molecule has 56 valence electrons. The first kappa shape index (κ1) is 6.62. The molecule has 2 aromatic heterocycles. The van der Waals surface area contributed by atoms with Crippen LogP contribution in [-0.2, 0) is 0 Å². The van der Waals surface area contributed by atoms with E-state index in [-0.39, 0.29) is 0 Å². The van der Waals surface area contributed by atoms with E-state index in [9.17, 15) is 0 Å². The van der Waals surface area contributed by atoms with Gasteiger partial charge in [-0.25, -0.2) is 4.98 Å². The fraction of sp³-hybridized carbons (Fsp3) is 0. The van der Waals surface area contributed by atoms with Crippen LogP contribution >= 0.6 is 9.39 Å². The van der Waals surface area contributed by atoms with E-state index in [1.54, 1.807) is 6.20 Å². The largest absolute Gasteiger partial charge is 0.397 e. The first-order valence-electron chi connectivity index (χ1n) is 3.25. The van der Waals surface area contributed by atoms with Crippen LogP contribution in [0.3, 0.4) is 0 Å². The van der Waals surface area contributed by atoms with Gasteiger partial charge in [0.2, 0.25) is 0 Å². The Morgan fingerprint density at radius 2 is 2.36 bits per heavy atom. The van der Waals surface area contributed by atoms with E-state index < -0.39 is 0 Å². The van der Waals surface area contributed by atoms with Gasteiger partial charge in [-0.05, 0) is 21.5 Å². The van der Waals surface area contributed by atoms with Crippen molar-refractivity contribution in [1.82, 2.24) is 9.32 Å². The second-order valence-electron chi connectivity index (χ2n) is 2.37. The summed E-state index contributed by atoms with van der Waals surface area (Å²) in [5, 5.41) is 1.00. The lowest BCUT2D eigenvalue weighted by Crippen LogP contribution is -1.79. The Balaban J connectivity index is 2.95. The van der Waals surface area contributed by atoms with Crippen molar-refractivity contribution in [2.45, 2.75) is 0 Å². The molecule has 0 saturated carbocycles. The highest BCUT2D eigenvalue weighted by atomic mass is 31.0. The number of nitrogen functional groups attached to an aromatic ring is 1. The molecular formula is C7H8N3P. The molecule has 0 aliphatic carbocycles. The number of anilines is 1. The average Bonchev–Trinajstić information content (AvgIpc) is 2.30. The Kier molecular flexibility index (Phi) is 1.33. The van der Waals surface area contributed by atoms with E-state index >= 15 is 0 Å².